The summed E-state index contributed by atoms with van der Waals surface area (Å²) >= 11 is 4.72. The average Bonchev–Trinajstić information content (AvgIpc) is 2.41. The second kappa shape index (κ2) is 5.50. The molecule has 20 heavy (non-hydrogen) atoms. The van der Waals surface area contributed by atoms with Crippen LogP contribution in [0.15, 0.2) is 53.5 Å². The number of pyridine rings is 1. The number of rotatable bonds is 4. The zero-order valence-electron chi connectivity index (χ0n) is 10.4. The van der Waals surface area contributed by atoms with Crippen LogP contribution in [-0.4, -0.2) is 9.56 Å². The Bertz CT molecular complexity index is 683. The van der Waals surface area contributed by atoms with Gasteiger partial charge >= 0.3 is 0 Å². The van der Waals surface area contributed by atoms with Crippen molar-refractivity contribution in [2.75, 3.05) is 0 Å². The van der Waals surface area contributed by atoms with E-state index in [0.717, 1.165) is 4.57 Å². The van der Waals surface area contributed by atoms with E-state index in [1.807, 2.05) is 0 Å². The molecule has 0 fully saturated rings. The second-order valence-electron chi connectivity index (χ2n) is 4.29. The Balaban J connectivity index is 2.38. The molecule has 0 atom stereocenters. The number of thiocarbonyl (C=S) groups is 1. The fourth-order valence-corrected chi connectivity index (χ4v) is 1.99. The summed E-state index contributed by atoms with van der Waals surface area (Å²) in [6.07, 6.45) is 1.29. The van der Waals surface area contributed by atoms with Gasteiger partial charge in [0.1, 0.15) is 4.99 Å². The minimum atomic E-state index is -3.15. The molecule has 0 saturated heterocycles. The maximum Gasteiger partial charge on any atom is 0.290 e. The Morgan fingerprint density at radius 3 is 2.45 bits per heavy atom. The molecule has 0 saturated carbocycles. The number of benzene rings is 1. The Hall–Kier alpha value is -2.08. The highest BCUT2D eigenvalue weighted by atomic mass is 32.1. The van der Waals surface area contributed by atoms with Crippen molar-refractivity contribution in [3.05, 3.63) is 70.1 Å². The predicted molar refractivity (Wildman–Crippen MR) is 76.9 cm³/mol. The lowest BCUT2D eigenvalue weighted by atomic mass is 10.1. The van der Waals surface area contributed by atoms with Gasteiger partial charge in [-0.25, -0.2) is 0 Å². The van der Waals surface area contributed by atoms with Crippen LogP contribution in [0.4, 0.5) is 8.78 Å². The van der Waals surface area contributed by atoms with E-state index in [1.165, 1.54) is 42.6 Å². The molecule has 0 aliphatic heterocycles. The standard InChI is InChI=1S/C14H12F2N2OS/c15-14(16,10-5-2-1-3-6-10)9-18-8-4-7-11(12(17)20)13(18)19/h1-8H,9H2,(H2,17,20). The summed E-state index contributed by atoms with van der Waals surface area (Å²) in [6.45, 7) is -0.758. The molecule has 0 bridgehead atoms. The van der Waals surface area contributed by atoms with Gasteiger partial charge in [0, 0.05) is 11.8 Å². The van der Waals surface area contributed by atoms with Gasteiger partial charge in [-0.15, -0.1) is 0 Å². The molecule has 2 rings (SSSR count). The number of nitrogens with zero attached hydrogens (tertiary/aromatic N) is 1. The topological polar surface area (TPSA) is 48.0 Å². The van der Waals surface area contributed by atoms with Crippen molar-refractivity contribution < 1.29 is 8.78 Å². The van der Waals surface area contributed by atoms with Gasteiger partial charge in [0.15, 0.2) is 0 Å². The molecule has 1 heterocycles. The molecular formula is C14H12F2N2OS. The van der Waals surface area contributed by atoms with Crippen molar-refractivity contribution in [1.29, 1.82) is 0 Å². The number of alkyl halides is 2. The predicted octanol–water partition coefficient (Wildman–Crippen LogP) is 2.27. The first kappa shape index (κ1) is 14.3. The van der Waals surface area contributed by atoms with Crippen molar-refractivity contribution in [2.24, 2.45) is 5.73 Å². The molecule has 2 N–H and O–H groups in total. The Labute approximate surface area is 119 Å². The largest absolute Gasteiger partial charge is 0.389 e. The van der Waals surface area contributed by atoms with E-state index in [2.05, 4.69) is 0 Å². The Morgan fingerprint density at radius 2 is 1.85 bits per heavy atom. The van der Waals surface area contributed by atoms with Crippen LogP contribution < -0.4 is 11.3 Å². The lowest BCUT2D eigenvalue weighted by molar-refractivity contribution is -0.0231. The monoisotopic (exact) mass is 294 g/mol. The Morgan fingerprint density at radius 1 is 1.20 bits per heavy atom. The first-order chi connectivity index (χ1) is 9.42. The molecule has 0 spiro atoms. The van der Waals surface area contributed by atoms with Crippen LogP contribution in [0.25, 0.3) is 0 Å². The van der Waals surface area contributed by atoms with Crippen LogP contribution in [-0.2, 0) is 12.5 Å². The van der Waals surface area contributed by atoms with Crippen LogP contribution in [0.3, 0.4) is 0 Å². The molecule has 1 aromatic heterocycles. The summed E-state index contributed by atoms with van der Waals surface area (Å²) in [5.41, 5.74) is 4.69. The van der Waals surface area contributed by atoms with E-state index < -0.39 is 18.0 Å². The zero-order chi connectivity index (χ0) is 14.8. The number of halogens is 2. The molecule has 3 nitrogen and oxygen atoms in total. The van der Waals surface area contributed by atoms with Gasteiger partial charge in [-0.1, -0.05) is 42.5 Å². The van der Waals surface area contributed by atoms with Crippen molar-refractivity contribution in [3.63, 3.8) is 0 Å². The number of hydrogen-bond donors (Lipinski definition) is 1. The fourth-order valence-electron chi connectivity index (χ4n) is 1.84. The molecular weight excluding hydrogens is 282 g/mol. The van der Waals surface area contributed by atoms with Gasteiger partial charge in [-0.05, 0) is 12.1 Å². The van der Waals surface area contributed by atoms with Gasteiger partial charge in [0.2, 0.25) is 0 Å². The average molecular weight is 294 g/mol. The van der Waals surface area contributed by atoms with E-state index in [1.54, 1.807) is 6.07 Å². The van der Waals surface area contributed by atoms with E-state index in [4.69, 9.17) is 18.0 Å². The number of hydrogen-bond acceptors (Lipinski definition) is 2. The quantitative estimate of drug-likeness (QED) is 0.880. The van der Waals surface area contributed by atoms with E-state index >= 15 is 0 Å². The summed E-state index contributed by atoms with van der Waals surface area (Å²) in [7, 11) is 0. The third-order valence-electron chi connectivity index (χ3n) is 2.85. The lowest BCUT2D eigenvalue weighted by Crippen LogP contribution is -2.33. The number of aromatic nitrogens is 1. The van der Waals surface area contributed by atoms with Crippen molar-refractivity contribution >= 4 is 17.2 Å². The van der Waals surface area contributed by atoms with Gasteiger partial charge in [-0.2, -0.15) is 8.78 Å². The first-order valence-corrected chi connectivity index (χ1v) is 6.25. The summed E-state index contributed by atoms with van der Waals surface area (Å²) in [5, 5.41) is 0. The van der Waals surface area contributed by atoms with E-state index in [-0.39, 0.29) is 16.1 Å². The SMILES string of the molecule is NC(=S)c1cccn(CC(F)(F)c2ccccc2)c1=O. The summed E-state index contributed by atoms with van der Waals surface area (Å²) in [5.74, 6) is -3.15. The fraction of sp³-hybridized carbons (Fsp3) is 0.143. The molecule has 2 aromatic rings. The molecule has 104 valence electrons. The van der Waals surface area contributed by atoms with Crippen molar-refractivity contribution in [1.82, 2.24) is 4.57 Å². The van der Waals surface area contributed by atoms with Crippen LogP contribution in [0, 0.1) is 0 Å². The molecule has 6 heteroatoms. The maximum atomic E-state index is 14.1. The normalized spacial score (nSPS) is 11.3. The lowest BCUT2D eigenvalue weighted by Gasteiger charge is -2.18. The van der Waals surface area contributed by atoms with E-state index in [9.17, 15) is 13.6 Å². The highest BCUT2D eigenvalue weighted by Crippen LogP contribution is 2.29. The third kappa shape index (κ3) is 2.91. The minimum absolute atomic E-state index is 0.0614. The summed E-state index contributed by atoms with van der Waals surface area (Å²) in [6, 6.07) is 10.2. The van der Waals surface area contributed by atoms with Crippen LogP contribution >= 0.6 is 12.2 Å². The van der Waals surface area contributed by atoms with Crippen LogP contribution in [0.5, 0.6) is 0 Å². The van der Waals surface area contributed by atoms with Crippen molar-refractivity contribution in [2.45, 2.75) is 12.5 Å². The maximum absolute atomic E-state index is 14.1. The van der Waals surface area contributed by atoms with Crippen LogP contribution in [0.2, 0.25) is 0 Å². The molecule has 0 unspecified atom stereocenters. The van der Waals surface area contributed by atoms with E-state index in [0.29, 0.717) is 0 Å². The molecule has 0 amide bonds. The highest BCUT2D eigenvalue weighted by molar-refractivity contribution is 7.80. The molecule has 0 aliphatic carbocycles. The zero-order valence-corrected chi connectivity index (χ0v) is 11.2. The summed E-state index contributed by atoms with van der Waals surface area (Å²) in [4.78, 5) is 11.9. The van der Waals surface area contributed by atoms with Crippen LogP contribution in [0.1, 0.15) is 11.1 Å². The first-order valence-electron chi connectivity index (χ1n) is 5.84. The van der Waals surface area contributed by atoms with Gasteiger partial charge < -0.3 is 10.3 Å². The van der Waals surface area contributed by atoms with Gasteiger partial charge in [0.25, 0.3) is 11.5 Å². The van der Waals surface area contributed by atoms with Gasteiger partial charge in [0.05, 0.1) is 12.1 Å². The molecule has 0 radical (unpaired) electrons. The summed E-state index contributed by atoms with van der Waals surface area (Å²) < 4.78 is 29.2. The van der Waals surface area contributed by atoms with Gasteiger partial charge in [-0.3, -0.25) is 4.79 Å². The second-order valence-corrected chi connectivity index (χ2v) is 4.73. The molecule has 1 aromatic carbocycles. The number of nitrogens with two attached hydrogens (primary N) is 1. The Kier molecular flexibility index (Phi) is 3.94. The highest BCUT2D eigenvalue weighted by Gasteiger charge is 2.32. The third-order valence-corrected chi connectivity index (χ3v) is 3.07. The molecule has 0 aliphatic rings. The van der Waals surface area contributed by atoms with Crippen molar-refractivity contribution in [3.8, 4) is 0 Å². The smallest absolute Gasteiger partial charge is 0.290 e. The minimum Gasteiger partial charge on any atom is -0.389 e.